The minimum absolute atomic E-state index is 0.103. The van der Waals surface area contributed by atoms with Gasteiger partial charge in [-0.3, -0.25) is 9.59 Å². The highest BCUT2D eigenvalue weighted by Crippen LogP contribution is 2.24. The Balaban J connectivity index is 2.32. The molecule has 9 heteroatoms. The van der Waals surface area contributed by atoms with Crippen molar-refractivity contribution in [3.63, 3.8) is 0 Å². The molecule has 25 heavy (non-hydrogen) atoms. The second-order valence-corrected chi connectivity index (χ2v) is 5.93. The van der Waals surface area contributed by atoms with Crippen LogP contribution in [0.5, 0.6) is 5.75 Å². The predicted molar refractivity (Wildman–Crippen MR) is 88.7 cm³/mol. The maximum atomic E-state index is 12.8. The van der Waals surface area contributed by atoms with Crippen LogP contribution in [0.1, 0.15) is 30.6 Å². The molecule has 134 valence electrons. The van der Waals surface area contributed by atoms with Crippen molar-refractivity contribution in [3.05, 3.63) is 30.1 Å². The number of carbonyl (C=O) groups is 2. The quantitative estimate of drug-likeness (QED) is 0.765. The van der Waals surface area contributed by atoms with Crippen LogP contribution in [0.4, 0.5) is 0 Å². The number of benzene rings is 1. The van der Waals surface area contributed by atoms with Gasteiger partial charge in [-0.25, -0.2) is 0 Å². The number of methoxy groups -OCH3 is 1. The maximum Gasteiger partial charge on any atom is 0.305 e. The van der Waals surface area contributed by atoms with Crippen LogP contribution >= 0.6 is 0 Å². The van der Waals surface area contributed by atoms with Crippen molar-refractivity contribution < 1.29 is 19.4 Å². The van der Waals surface area contributed by atoms with E-state index in [1.54, 1.807) is 23.1 Å². The van der Waals surface area contributed by atoms with Crippen molar-refractivity contribution in [2.75, 3.05) is 20.2 Å². The smallest absolute Gasteiger partial charge is 0.305 e. The Morgan fingerprint density at radius 3 is 2.68 bits per heavy atom. The van der Waals surface area contributed by atoms with Gasteiger partial charge in [0.05, 0.1) is 13.5 Å². The van der Waals surface area contributed by atoms with Crippen LogP contribution in [0.15, 0.2) is 24.5 Å². The van der Waals surface area contributed by atoms with Crippen LogP contribution in [0, 0.1) is 5.92 Å². The van der Waals surface area contributed by atoms with Gasteiger partial charge in [-0.05, 0) is 34.5 Å². The Morgan fingerprint density at radius 1 is 1.36 bits per heavy atom. The fraction of sp³-hybridized carbons (Fsp3) is 0.438. The minimum atomic E-state index is -0.939. The molecule has 1 heterocycles. The number of aliphatic carboxylic acids is 1. The number of tetrazole rings is 1. The number of amides is 1. The number of rotatable bonds is 8. The SMILES string of the molecule is COc1ccc(C(=O)N(CCC(=O)O)CC(C)C)cc1-n1cnnn1. The Bertz CT molecular complexity index is 730. The summed E-state index contributed by atoms with van der Waals surface area (Å²) < 4.78 is 6.69. The number of hydrogen-bond acceptors (Lipinski definition) is 6. The summed E-state index contributed by atoms with van der Waals surface area (Å²) in [5.74, 6) is -0.447. The Kier molecular flexibility index (Phi) is 6.04. The average molecular weight is 347 g/mol. The van der Waals surface area contributed by atoms with E-state index in [9.17, 15) is 9.59 Å². The van der Waals surface area contributed by atoms with E-state index < -0.39 is 5.97 Å². The van der Waals surface area contributed by atoms with Crippen molar-refractivity contribution in [1.29, 1.82) is 0 Å². The first kappa shape index (κ1) is 18.4. The molecule has 1 aromatic heterocycles. The molecule has 0 fully saturated rings. The number of hydrogen-bond donors (Lipinski definition) is 1. The molecule has 2 rings (SSSR count). The van der Waals surface area contributed by atoms with Gasteiger partial charge in [0.15, 0.2) is 0 Å². The largest absolute Gasteiger partial charge is 0.494 e. The molecule has 0 saturated carbocycles. The molecule has 0 bridgehead atoms. The van der Waals surface area contributed by atoms with Crippen molar-refractivity contribution in [3.8, 4) is 11.4 Å². The first-order valence-corrected chi connectivity index (χ1v) is 7.84. The summed E-state index contributed by atoms with van der Waals surface area (Å²) in [6.07, 6.45) is 1.30. The first-order valence-electron chi connectivity index (χ1n) is 7.84. The van der Waals surface area contributed by atoms with Crippen molar-refractivity contribution in [1.82, 2.24) is 25.1 Å². The van der Waals surface area contributed by atoms with Crippen LogP contribution < -0.4 is 4.74 Å². The highest BCUT2D eigenvalue weighted by Gasteiger charge is 2.20. The second-order valence-electron chi connectivity index (χ2n) is 5.93. The van der Waals surface area contributed by atoms with E-state index >= 15 is 0 Å². The zero-order valence-electron chi connectivity index (χ0n) is 14.4. The molecule has 1 aromatic carbocycles. The summed E-state index contributed by atoms with van der Waals surface area (Å²) in [7, 11) is 1.52. The van der Waals surface area contributed by atoms with Gasteiger partial charge in [0.1, 0.15) is 17.8 Å². The van der Waals surface area contributed by atoms with Gasteiger partial charge in [-0.15, -0.1) is 5.10 Å². The summed E-state index contributed by atoms with van der Waals surface area (Å²) in [5, 5.41) is 19.9. The molecule has 1 amide bonds. The lowest BCUT2D eigenvalue weighted by molar-refractivity contribution is -0.137. The van der Waals surface area contributed by atoms with Gasteiger partial charge in [0, 0.05) is 18.7 Å². The molecule has 0 unspecified atom stereocenters. The highest BCUT2D eigenvalue weighted by molar-refractivity contribution is 5.95. The van der Waals surface area contributed by atoms with Crippen LogP contribution in [0.25, 0.3) is 5.69 Å². The molecule has 9 nitrogen and oxygen atoms in total. The van der Waals surface area contributed by atoms with Crippen molar-refractivity contribution in [2.45, 2.75) is 20.3 Å². The topological polar surface area (TPSA) is 110 Å². The van der Waals surface area contributed by atoms with E-state index in [1.807, 2.05) is 13.8 Å². The average Bonchev–Trinajstić information content (AvgIpc) is 3.11. The third kappa shape index (κ3) is 4.75. The second kappa shape index (κ2) is 8.22. The van der Waals surface area contributed by atoms with Gasteiger partial charge < -0.3 is 14.7 Å². The number of ether oxygens (including phenoxy) is 1. The molecular weight excluding hydrogens is 326 g/mol. The molecule has 0 aliphatic heterocycles. The van der Waals surface area contributed by atoms with Gasteiger partial charge in [-0.2, -0.15) is 4.68 Å². The van der Waals surface area contributed by atoms with E-state index in [2.05, 4.69) is 15.5 Å². The highest BCUT2D eigenvalue weighted by atomic mass is 16.5. The fourth-order valence-electron chi connectivity index (χ4n) is 2.40. The molecule has 0 spiro atoms. The minimum Gasteiger partial charge on any atom is -0.494 e. The lowest BCUT2D eigenvalue weighted by Gasteiger charge is -2.24. The van der Waals surface area contributed by atoms with Crippen molar-refractivity contribution >= 4 is 11.9 Å². The summed E-state index contributed by atoms with van der Waals surface area (Å²) in [6, 6.07) is 4.93. The fourth-order valence-corrected chi connectivity index (χ4v) is 2.40. The van der Waals surface area contributed by atoms with Gasteiger partial charge in [0.25, 0.3) is 5.91 Å². The molecule has 0 saturated heterocycles. The summed E-state index contributed by atoms with van der Waals surface area (Å²) in [6.45, 7) is 4.57. The van der Waals surface area contributed by atoms with Crippen LogP contribution in [-0.2, 0) is 4.79 Å². The normalized spacial score (nSPS) is 10.7. The first-order chi connectivity index (χ1) is 11.9. The molecule has 2 aromatic rings. The van der Waals surface area contributed by atoms with Gasteiger partial charge in [-0.1, -0.05) is 13.8 Å². The Hall–Kier alpha value is -2.97. The zero-order chi connectivity index (χ0) is 18.4. The van der Waals surface area contributed by atoms with E-state index in [4.69, 9.17) is 9.84 Å². The molecule has 0 aliphatic rings. The van der Waals surface area contributed by atoms with E-state index in [-0.39, 0.29) is 24.8 Å². The van der Waals surface area contributed by atoms with E-state index in [0.29, 0.717) is 23.5 Å². The molecule has 1 N–H and O–H groups in total. The molecular formula is C16H21N5O4. The third-order valence-corrected chi connectivity index (χ3v) is 3.49. The Labute approximate surface area is 145 Å². The van der Waals surface area contributed by atoms with Crippen LogP contribution in [0.2, 0.25) is 0 Å². The van der Waals surface area contributed by atoms with Gasteiger partial charge in [0.2, 0.25) is 0 Å². The van der Waals surface area contributed by atoms with Crippen LogP contribution in [-0.4, -0.2) is 62.3 Å². The van der Waals surface area contributed by atoms with E-state index in [1.165, 1.54) is 18.1 Å². The lowest BCUT2D eigenvalue weighted by atomic mass is 10.1. The number of nitrogens with zero attached hydrogens (tertiary/aromatic N) is 5. The summed E-state index contributed by atoms with van der Waals surface area (Å²) >= 11 is 0. The van der Waals surface area contributed by atoms with E-state index in [0.717, 1.165) is 0 Å². The number of carbonyl (C=O) groups excluding carboxylic acids is 1. The summed E-state index contributed by atoms with van der Waals surface area (Å²) in [5.41, 5.74) is 0.943. The standard InChI is InChI=1S/C16H21N5O4/c1-11(2)9-20(7-6-15(22)23)16(24)12-4-5-14(25-3)13(8-12)21-10-17-18-19-21/h4-5,8,10-11H,6-7,9H2,1-3H3,(H,22,23). The lowest BCUT2D eigenvalue weighted by Crippen LogP contribution is -2.36. The van der Waals surface area contributed by atoms with Crippen LogP contribution in [0.3, 0.4) is 0 Å². The Morgan fingerprint density at radius 2 is 2.12 bits per heavy atom. The number of carboxylic acid groups (broad SMARTS) is 1. The zero-order valence-corrected chi connectivity index (χ0v) is 14.4. The third-order valence-electron chi connectivity index (χ3n) is 3.49. The molecule has 0 radical (unpaired) electrons. The maximum absolute atomic E-state index is 12.8. The molecule has 0 atom stereocenters. The van der Waals surface area contributed by atoms with Crippen molar-refractivity contribution in [2.24, 2.45) is 5.92 Å². The predicted octanol–water partition coefficient (Wildman–Crippen LogP) is 1.24. The molecule has 0 aliphatic carbocycles. The monoisotopic (exact) mass is 347 g/mol. The van der Waals surface area contributed by atoms with Gasteiger partial charge >= 0.3 is 5.97 Å². The summed E-state index contributed by atoms with van der Waals surface area (Å²) in [4.78, 5) is 25.3. The number of carboxylic acids is 1. The number of aromatic nitrogens is 4.